The zero-order chi connectivity index (χ0) is 14.8. The SMILES string of the molecule is O=C1C(O)=C(c2ccccc2)C(=O)N1Cc1ccncc1. The Morgan fingerprint density at radius 1 is 0.952 bits per heavy atom. The highest BCUT2D eigenvalue weighted by Gasteiger charge is 2.38. The van der Waals surface area contributed by atoms with E-state index in [2.05, 4.69) is 4.98 Å². The monoisotopic (exact) mass is 280 g/mol. The van der Waals surface area contributed by atoms with E-state index in [9.17, 15) is 14.7 Å². The zero-order valence-electron chi connectivity index (χ0n) is 11.1. The first-order chi connectivity index (χ1) is 10.2. The Labute approximate surface area is 121 Å². The van der Waals surface area contributed by atoms with Crippen molar-refractivity contribution in [3.8, 4) is 0 Å². The minimum absolute atomic E-state index is 0.0506. The molecule has 1 aliphatic heterocycles. The molecule has 0 saturated heterocycles. The molecule has 2 aromatic rings. The van der Waals surface area contributed by atoms with E-state index >= 15 is 0 Å². The largest absolute Gasteiger partial charge is 0.502 e. The number of nitrogens with zero attached hydrogens (tertiary/aromatic N) is 2. The molecule has 5 heteroatoms. The average molecular weight is 280 g/mol. The molecule has 0 bridgehead atoms. The van der Waals surface area contributed by atoms with Crippen molar-refractivity contribution in [1.29, 1.82) is 0 Å². The molecule has 2 amide bonds. The van der Waals surface area contributed by atoms with E-state index in [1.54, 1.807) is 54.9 Å². The van der Waals surface area contributed by atoms with Crippen molar-refractivity contribution in [3.63, 3.8) is 0 Å². The molecule has 0 fully saturated rings. The Balaban J connectivity index is 1.92. The molecule has 2 heterocycles. The Hall–Kier alpha value is -2.95. The highest BCUT2D eigenvalue weighted by molar-refractivity contribution is 6.34. The molecule has 1 N–H and O–H groups in total. The van der Waals surface area contributed by atoms with Gasteiger partial charge in [0.15, 0.2) is 5.76 Å². The zero-order valence-corrected chi connectivity index (χ0v) is 11.1. The molecule has 0 radical (unpaired) electrons. The van der Waals surface area contributed by atoms with Crippen LogP contribution in [0.3, 0.4) is 0 Å². The first-order valence-electron chi connectivity index (χ1n) is 6.42. The number of imide groups is 1. The van der Waals surface area contributed by atoms with E-state index in [0.29, 0.717) is 5.56 Å². The summed E-state index contributed by atoms with van der Waals surface area (Å²) in [7, 11) is 0. The lowest BCUT2D eigenvalue weighted by Crippen LogP contribution is -2.31. The fourth-order valence-electron chi connectivity index (χ4n) is 2.24. The number of carbonyl (C=O) groups is 2. The Morgan fingerprint density at radius 2 is 1.62 bits per heavy atom. The number of pyridine rings is 1. The van der Waals surface area contributed by atoms with Crippen LogP contribution in [0.4, 0.5) is 0 Å². The molecule has 0 unspecified atom stereocenters. The number of aromatic nitrogens is 1. The van der Waals surface area contributed by atoms with Crippen LogP contribution in [-0.2, 0) is 16.1 Å². The van der Waals surface area contributed by atoms with Crippen LogP contribution in [-0.4, -0.2) is 26.8 Å². The van der Waals surface area contributed by atoms with Crippen molar-refractivity contribution in [2.24, 2.45) is 0 Å². The third-order valence-corrected chi connectivity index (χ3v) is 3.30. The summed E-state index contributed by atoms with van der Waals surface area (Å²) in [6.07, 6.45) is 3.18. The van der Waals surface area contributed by atoms with Gasteiger partial charge in [0.25, 0.3) is 11.8 Å². The number of aliphatic hydroxyl groups excluding tert-OH is 1. The molecule has 0 atom stereocenters. The number of amides is 2. The minimum atomic E-state index is -0.671. The minimum Gasteiger partial charge on any atom is -0.502 e. The van der Waals surface area contributed by atoms with Crippen LogP contribution >= 0.6 is 0 Å². The lowest BCUT2D eigenvalue weighted by Gasteiger charge is -2.14. The second-order valence-corrected chi connectivity index (χ2v) is 4.64. The van der Waals surface area contributed by atoms with Gasteiger partial charge in [-0.1, -0.05) is 30.3 Å². The van der Waals surface area contributed by atoms with Gasteiger partial charge in [0, 0.05) is 12.4 Å². The van der Waals surface area contributed by atoms with Gasteiger partial charge in [-0.25, -0.2) is 0 Å². The van der Waals surface area contributed by atoms with Gasteiger partial charge in [0.2, 0.25) is 0 Å². The predicted molar refractivity (Wildman–Crippen MR) is 75.8 cm³/mol. The van der Waals surface area contributed by atoms with Crippen molar-refractivity contribution in [2.75, 3.05) is 0 Å². The smallest absolute Gasteiger partial charge is 0.296 e. The molecule has 1 aromatic heterocycles. The number of hydrogen-bond acceptors (Lipinski definition) is 4. The van der Waals surface area contributed by atoms with Gasteiger partial charge in [-0.3, -0.25) is 19.5 Å². The molecule has 0 spiro atoms. The summed E-state index contributed by atoms with van der Waals surface area (Å²) in [6.45, 7) is 0.112. The van der Waals surface area contributed by atoms with Gasteiger partial charge in [-0.2, -0.15) is 0 Å². The van der Waals surface area contributed by atoms with E-state index in [1.165, 1.54) is 0 Å². The maximum atomic E-state index is 12.4. The molecule has 21 heavy (non-hydrogen) atoms. The average Bonchev–Trinajstić information content (AvgIpc) is 2.73. The van der Waals surface area contributed by atoms with Crippen LogP contribution in [0, 0.1) is 0 Å². The van der Waals surface area contributed by atoms with Gasteiger partial charge in [0.05, 0.1) is 12.1 Å². The van der Waals surface area contributed by atoms with Crippen molar-refractivity contribution in [2.45, 2.75) is 6.54 Å². The van der Waals surface area contributed by atoms with Crippen LogP contribution in [0.5, 0.6) is 0 Å². The van der Waals surface area contributed by atoms with Gasteiger partial charge >= 0.3 is 0 Å². The van der Waals surface area contributed by atoms with Crippen molar-refractivity contribution >= 4 is 17.4 Å². The normalized spacial score (nSPS) is 15.0. The third-order valence-electron chi connectivity index (χ3n) is 3.30. The molecule has 104 valence electrons. The number of benzene rings is 1. The Bertz CT molecular complexity index is 724. The summed E-state index contributed by atoms with van der Waals surface area (Å²) in [5.74, 6) is -1.66. The highest BCUT2D eigenvalue weighted by Crippen LogP contribution is 2.28. The first-order valence-corrected chi connectivity index (χ1v) is 6.42. The van der Waals surface area contributed by atoms with Gasteiger partial charge < -0.3 is 5.11 Å². The third kappa shape index (κ3) is 2.29. The standard InChI is InChI=1S/C16H12N2O3/c19-14-13(12-4-2-1-3-5-12)15(20)18(16(14)21)10-11-6-8-17-9-7-11/h1-9,19H,10H2. The van der Waals surface area contributed by atoms with E-state index in [0.717, 1.165) is 10.5 Å². The van der Waals surface area contributed by atoms with Crippen LogP contribution in [0.15, 0.2) is 60.6 Å². The van der Waals surface area contributed by atoms with Crippen molar-refractivity contribution < 1.29 is 14.7 Å². The lowest BCUT2D eigenvalue weighted by atomic mass is 10.1. The van der Waals surface area contributed by atoms with Gasteiger partial charge in [-0.05, 0) is 23.3 Å². The molecular formula is C16H12N2O3. The predicted octanol–water partition coefficient (Wildman–Crippen LogP) is 1.92. The molecule has 0 aliphatic carbocycles. The second kappa shape index (κ2) is 5.20. The molecular weight excluding hydrogens is 268 g/mol. The topological polar surface area (TPSA) is 70.5 Å². The maximum Gasteiger partial charge on any atom is 0.296 e. The van der Waals surface area contributed by atoms with E-state index in [-0.39, 0.29) is 12.1 Å². The van der Waals surface area contributed by atoms with Crippen molar-refractivity contribution in [1.82, 2.24) is 9.88 Å². The fraction of sp³-hybridized carbons (Fsp3) is 0.0625. The van der Waals surface area contributed by atoms with Crippen LogP contribution in [0.25, 0.3) is 5.57 Å². The quantitative estimate of drug-likeness (QED) is 0.872. The Kier molecular flexibility index (Phi) is 3.23. The van der Waals surface area contributed by atoms with E-state index in [4.69, 9.17) is 0 Å². The molecule has 5 nitrogen and oxygen atoms in total. The van der Waals surface area contributed by atoms with Gasteiger partial charge in [0.1, 0.15) is 0 Å². The molecule has 3 rings (SSSR count). The van der Waals surface area contributed by atoms with Crippen LogP contribution < -0.4 is 0 Å². The number of hydrogen-bond donors (Lipinski definition) is 1. The molecule has 1 aromatic carbocycles. The van der Waals surface area contributed by atoms with Gasteiger partial charge in [-0.15, -0.1) is 0 Å². The summed E-state index contributed by atoms with van der Waals surface area (Å²) in [5, 5.41) is 9.98. The second-order valence-electron chi connectivity index (χ2n) is 4.64. The Morgan fingerprint density at radius 3 is 2.29 bits per heavy atom. The number of carbonyl (C=O) groups excluding carboxylic acids is 2. The number of rotatable bonds is 3. The fourth-order valence-corrected chi connectivity index (χ4v) is 2.24. The lowest BCUT2D eigenvalue weighted by molar-refractivity contribution is -0.138. The summed E-state index contributed by atoms with van der Waals surface area (Å²) in [6, 6.07) is 12.1. The van der Waals surface area contributed by atoms with Crippen molar-refractivity contribution in [3.05, 3.63) is 71.7 Å². The highest BCUT2D eigenvalue weighted by atomic mass is 16.3. The number of aliphatic hydroxyl groups is 1. The van der Waals surface area contributed by atoms with Crippen LogP contribution in [0.2, 0.25) is 0 Å². The molecule has 0 saturated carbocycles. The van der Waals surface area contributed by atoms with Crippen LogP contribution in [0.1, 0.15) is 11.1 Å². The molecule has 1 aliphatic rings. The first kappa shape index (κ1) is 13.1. The van der Waals surface area contributed by atoms with E-state index < -0.39 is 17.6 Å². The summed E-state index contributed by atoms with van der Waals surface area (Å²) in [5.41, 5.74) is 1.36. The maximum absolute atomic E-state index is 12.4. The van der Waals surface area contributed by atoms with E-state index in [1.807, 2.05) is 0 Å². The summed E-state index contributed by atoms with van der Waals surface area (Å²) in [4.78, 5) is 29.4. The summed E-state index contributed by atoms with van der Waals surface area (Å²) < 4.78 is 0. The summed E-state index contributed by atoms with van der Waals surface area (Å²) >= 11 is 0.